The Labute approximate surface area is 184 Å². The number of nitrogens with one attached hydrogen (secondary N) is 1. The fourth-order valence-corrected chi connectivity index (χ4v) is 2.55. The fraction of sp³-hybridized carbons (Fsp3) is 0.381. The maximum atomic E-state index is 6.04. The molecule has 0 heterocycles. The lowest BCUT2D eigenvalue weighted by molar-refractivity contribution is 0.0453. The van der Waals surface area contributed by atoms with Crippen molar-refractivity contribution in [2.24, 2.45) is 10.7 Å². The molecule has 3 N–H and O–H groups in total. The zero-order chi connectivity index (χ0) is 19.3. The van der Waals surface area contributed by atoms with Gasteiger partial charge in [-0.05, 0) is 24.1 Å². The highest BCUT2D eigenvalue weighted by Gasteiger charge is 2.03. The summed E-state index contributed by atoms with van der Waals surface area (Å²) in [5.41, 5.74) is 10.2. The Morgan fingerprint density at radius 3 is 2.54 bits per heavy atom. The molecule has 0 saturated carbocycles. The zero-order valence-corrected chi connectivity index (χ0v) is 18.8. The van der Waals surface area contributed by atoms with Gasteiger partial charge in [-0.15, -0.1) is 24.0 Å². The van der Waals surface area contributed by atoms with Crippen molar-refractivity contribution in [2.75, 3.05) is 32.2 Å². The van der Waals surface area contributed by atoms with Gasteiger partial charge in [-0.1, -0.05) is 42.5 Å². The first kappa shape index (κ1) is 24.4. The monoisotopic (exact) mass is 499 g/mol. The van der Waals surface area contributed by atoms with Gasteiger partial charge in [0.1, 0.15) is 0 Å². The molecule has 0 aliphatic carbocycles. The Bertz CT molecular complexity index is 726. The van der Waals surface area contributed by atoms with Crippen molar-refractivity contribution < 1.29 is 14.2 Å². The van der Waals surface area contributed by atoms with E-state index in [9.17, 15) is 0 Å². The Morgan fingerprint density at radius 1 is 1.00 bits per heavy atom. The quantitative estimate of drug-likeness (QED) is 0.212. The first-order valence-corrected chi connectivity index (χ1v) is 9.10. The van der Waals surface area contributed by atoms with E-state index < -0.39 is 0 Å². The van der Waals surface area contributed by atoms with Crippen LogP contribution in [0.2, 0.25) is 0 Å². The number of ether oxygens (including phenoxy) is 3. The van der Waals surface area contributed by atoms with E-state index in [-0.39, 0.29) is 24.0 Å². The summed E-state index contributed by atoms with van der Waals surface area (Å²) >= 11 is 0. The lowest BCUT2D eigenvalue weighted by Gasteiger charge is -2.11. The number of rotatable bonds is 11. The van der Waals surface area contributed by atoms with E-state index in [2.05, 4.69) is 16.4 Å². The summed E-state index contributed by atoms with van der Waals surface area (Å²) in [5.74, 6) is 0.372. The molecule has 0 aromatic heterocycles. The number of nitrogens with two attached hydrogens (primary N) is 1. The van der Waals surface area contributed by atoms with Gasteiger partial charge in [0.2, 0.25) is 0 Å². The number of nitrogens with zero attached hydrogens (tertiary/aromatic N) is 1. The van der Waals surface area contributed by atoms with Crippen LogP contribution in [0.25, 0.3) is 0 Å². The van der Waals surface area contributed by atoms with Gasteiger partial charge in [0.15, 0.2) is 5.96 Å². The van der Waals surface area contributed by atoms with Crippen molar-refractivity contribution in [3.63, 3.8) is 0 Å². The Kier molecular flexibility index (Phi) is 12.5. The number of hydrogen-bond acceptors (Lipinski definition) is 4. The molecular formula is C21H30IN3O3. The van der Waals surface area contributed by atoms with Crippen molar-refractivity contribution in [2.45, 2.75) is 26.7 Å². The first-order valence-electron chi connectivity index (χ1n) is 9.10. The highest BCUT2D eigenvalue weighted by molar-refractivity contribution is 14.0. The average Bonchev–Trinajstić information content (AvgIpc) is 2.68. The van der Waals surface area contributed by atoms with Crippen LogP contribution in [0, 0.1) is 0 Å². The van der Waals surface area contributed by atoms with Gasteiger partial charge in [0.05, 0.1) is 33.0 Å². The maximum Gasteiger partial charge on any atom is 0.193 e. The normalized spacial score (nSPS) is 11.1. The van der Waals surface area contributed by atoms with Crippen molar-refractivity contribution in [3.05, 3.63) is 65.2 Å². The zero-order valence-electron chi connectivity index (χ0n) is 16.5. The number of guanidine groups is 1. The summed E-state index contributed by atoms with van der Waals surface area (Å²) in [5, 5.41) is 3.14. The van der Waals surface area contributed by atoms with Gasteiger partial charge in [0, 0.05) is 25.0 Å². The predicted molar refractivity (Wildman–Crippen MR) is 124 cm³/mol. The summed E-state index contributed by atoms with van der Waals surface area (Å²) < 4.78 is 16.1. The summed E-state index contributed by atoms with van der Waals surface area (Å²) in [6.07, 6.45) is 0. The van der Waals surface area contributed by atoms with Crippen LogP contribution in [-0.4, -0.2) is 32.9 Å². The molecule has 0 atom stereocenters. The fourth-order valence-electron chi connectivity index (χ4n) is 2.55. The molecule has 154 valence electrons. The van der Waals surface area contributed by atoms with E-state index in [1.54, 1.807) is 7.11 Å². The molecular weight excluding hydrogens is 469 g/mol. The van der Waals surface area contributed by atoms with Crippen LogP contribution in [0.4, 0.5) is 5.69 Å². The summed E-state index contributed by atoms with van der Waals surface area (Å²) in [6, 6.07) is 16.0. The second-order valence-corrected chi connectivity index (χ2v) is 5.99. The smallest absolute Gasteiger partial charge is 0.193 e. The molecule has 7 heteroatoms. The molecule has 0 spiro atoms. The lowest BCUT2D eigenvalue weighted by Crippen LogP contribution is -2.23. The van der Waals surface area contributed by atoms with Crippen LogP contribution in [0.5, 0.6) is 0 Å². The summed E-state index contributed by atoms with van der Waals surface area (Å²) in [7, 11) is 1.67. The summed E-state index contributed by atoms with van der Waals surface area (Å²) in [6.45, 7) is 5.47. The molecule has 2 aromatic rings. The van der Waals surface area contributed by atoms with Crippen LogP contribution in [-0.2, 0) is 34.0 Å². The molecule has 2 aromatic carbocycles. The maximum absolute atomic E-state index is 6.04. The SMILES string of the molecule is CCOCCOCc1cccc(CN=C(N)Nc2ccccc2COC)c1.I. The van der Waals surface area contributed by atoms with Crippen molar-refractivity contribution in [1.29, 1.82) is 0 Å². The second-order valence-electron chi connectivity index (χ2n) is 5.99. The Balaban J connectivity index is 0.00000392. The lowest BCUT2D eigenvalue weighted by atomic mass is 10.1. The number of para-hydroxylation sites is 1. The molecule has 0 radical (unpaired) electrons. The first-order chi connectivity index (χ1) is 13.2. The molecule has 0 unspecified atom stereocenters. The van der Waals surface area contributed by atoms with Crippen LogP contribution in [0.15, 0.2) is 53.5 Å². The molecule has 0 aliphatic heterocycles. The van der Waals surface area contributed by atoms with Gasteiger partial charge in [-0.2, -0.15) is 0 Å². The van der Waals surface area contributed by atoms with Crippen LogP contribution < -0.4 is 11.1 Å². The third kappa shape index (κ3) is 9.01. The van der Waals surface area contributed by atoms with Gasteiger partial charge in [-0.25, -0.2) is 4.99 Å². The molecule has 0 saturated heterocycles. The van der Waals surface area contributed by atoms with E-state index in [4.69, 9.17) is 19.9 Å². The van der Waals surface area contributed by atoms with E-state index >= 15 is 0 Å². The van der Waals surface area contributed by atoms with Gasteiger partial charge in [0.25, 0.3) is 0 Å². The van der Waals surface area contributed by atoms with Crippen molar-refractivity contribution in [1.82, 2.24) is 0 Å². The van der Waals surface area contributed by atoms with Crippen molar-refractivity contribution >= 4 is 35.6 Å². The van der Waals surface area contributed by atoms with Crippen molar-refractivity contribution in [3.8, 4) is 0 Å². The topological polar surface area (TPSA) is 78.1 Å². The summed E-state index contributed by atoms with van der Waals surface area (Å²) in [4.78, 5) is 4.43. The van der Waals surface area contributed by atoms with E-state index in [0.717, 1.165) is 22.4 Å². The minimum atomic E-state index is 0. The number of methoxy groups -OCH3 is 1. The minimum absolute atomic E-state index is 0. The predicted octanol–water partition coefficient (Wildman–Crippen LogP) is 3.93. The van der Waals surface area contributed by atoms with Gasteiger partial charge in [-0.3, -0.25) is 0 Å². The number of hydrogen-bond donors (Lipinski definition) is 2. The third-order valence-corrected chi connectivity index (χ3v) is 3.85. The second kappa shape index (κ2) is 14.3. The molecule has 6 nitrogen and oxygen atoms in total. The molecule has 2 rings (SSSR count). The minimum Gasteiger partial charge on any atom is -0.380 e. The van der Waals surface area contributed by atoms with Gasteiger partial charge >= 0.3 is 0 Å². The van der Waals surface area contributed by atoms with E-state index in [1.807, 2.05) is 49.4 Å². The number of benzene rings is 2. The average molecular weight is 499 g/mol. The highest BCUT2D eigenvalue weighted by Crippen LogP contribution is 2.15. The standard InChI is InChI=1S/C21H29N3O3.HI/c1-3-26-11-12-27-15-18-8-6-7-17(13-18)14-23-21(22)24-20-10-5-4-9-19(20)16-25-2;/h4-10,13H,3,11-12,14-16H2,1-2H3,(H3,22,23,24);1H. The number of aliphatic imine (C=N–C) groups is 1. The Morgan fingerprint density at radius 2 is 1.75 bits per heavy atom. The third-order valence-electron chi connectivity index (χ3n) is 3.85. The van der Waals surface area contributed by atoms with Crippen LogP contribution in [0.1, 0.15) is 23.6 Å². The van der Waals surface area contributed by atoms with Gasteiger partial charge < -0.3 is 25.3 Å². The van der Waals surface area contributed by atoms with Crippen LogP contribution >= 0.6 is 24.0 Å². The largest absolute Gasteiger partial charge is 0.380 e. The molecule has 0 fully saturated rings. The highest BCUT2D eigenvalue weighted by atomic mass is 127. The number of halogens is 1. The molecule has 0 bridgehead atoms. The molecule has 28 heavy (non-hydrogen) atoms. The number of anilines is 1. The van der Waals surface area contributed by atoms with E-state index in [0.29, 0.717) is 45.5 Å². The molecule has 0 amide bonds. The van der Waals surface area contributed by atoms with E-state index in [1.165, 1.54) is 0 Å². The van der Waals surface area contributed by atoms with Crippen LogP contribution in [0.3, 0.4) is 0 Å². The molecule has 0 aliphatic rings. The Hall–Kier alpha value is -1.68.